The van der Waals surface area contributed by atoms with Crippen LogP contribution in [0, 0.1) is 0 Å². The lowest BCUT2D eigenvalue weighted by Gasteiger charge is -2.41. The molecule has 5 heteroatoms. The van der Waals surface area contributed by atoms with E-state index < -0.39 is 6.10 Å². The third-order valence-electron chi connectivity index (χ3n) is 2.91. The van der Waals surface area contributed by atoms with Gasteiger partial charge in [-0.2, -0.15) is 0 Å². The maximum absolute atomic E-state index is 9.67. The average Bonchev–Trinajstić information content (AvgIpc) is 2.32. The minimum absolute atomic E-state index is 0.0657. The van der Waals surface area contributed by atoms with Crippen LogP contribution in [0.4, 0.5) is 0 Å². The molecule has 3 atom stereocenters. The first-order chi connectivity index (χ1) is 8.61. The molecule has 1 aliphatic carbocycles. The molecule has 1 N–H and O–H groups in total. The highest BCUT2D eigenvalue weighted by Crippen LogP contribution is 2.34. The van der Waals surface area contributed by atoms with Crippen molar-refractivity contribution in [3.63, 3.8) is 0 Å². The Kier molecular flexibility index (Phi) is 5.06. The van der Waals surface area contributed by atoms with Gasteiger partial charge in [-0.3, -0.25) is 0 Å². The van der Waals surface area contributed by atoms with Crippen LogP contribution in [0.15, 0.2) is 27.1 Å². The summed E-state index contributed by atoms with van der Waals surface area (Å²) in [7, 11) is 0. The summed E-state index contributed by atoms with van der Waals surface area (Å²) in [6, 6.07) is 5.76. The number of aliphatic hydroxyl groups is 1. The fraction of sp³-hybridized carbons (Fsp3) is 0.538. The third-order valence-corrected chi connectivity index (χ3v) is 4.02. The van der Waals surface area contributed by atoms with E-state index in [-0.39, 0.29) is 12.2 Å². The fourth-order valence-corrected chi connectivity index (χ4v) is 3.02. The largest absolute Gasteiger partial charge is 0.486 e. The smallest absolute Gasteiger partial charge is 0.134 e. The van der Waals surface area contributed by atoms with Crippen LogP contribution >= 0.6 is 31.9 Å². The third kappa shape index (κ3) is 3.26. The van der Waals surface area contributed by atoms with Gasteiger partial charge in [-0.15, -0.1) is 0 Å². The normalized spacial score (nSPS) is 26.8. The number of hydrogen-bond donors (Lipinski definition) is 1. The van der Waals surface area contributed by atoms with Crippen LogP contribution in [0.25, 0.3) is 0 Å². The van der Waals surface area contributed by atoms with Gasteiger partial charge in [0.05, 0.1) is 10.6 Å². The maximum Gasteiger partial charge on any atom is 0.134 e. The van der Waals surface area contributed by atoms with Crippen LogP contribution in [-0.2, 0) is 4.74 Å². The van der Waals surface area contributed by atoms with Gasteiger partial charge in [0.15, 0.2) is 0 Å². The summed E-state index contributed by atoms with van der Waals surface area (Å²) >= 11 is 6.86. The van der Waals surface area contributed by atoms with Crippen molar-refractivity contribution in [2.24, 2.45) is 0 Å². The standard InChI is InChI=1S/C13H16Br2O3/c1-2-5-17-13-10(16)7-12(13)18-11-4-3-8(14)6-9(11)15/h3-4,6,10,12-13,16H,2,5,7H2,1H3. The molecular formula is C13H16Br2O3. The fourth-order valence-electron chi connectivity index (χ4n) is 1.88. The van der Waals surface area contributed by atoms with Gasteiger partial charge in [-0.05, 0) is 40.5 Å². The van der Waals surface area contributed by atoms with Crippen LogP contribution in [0.3, 0.4) is 0 Å². The maximum atomic E-state index is 9.67. The predicted molar refractivity (Wildman–Crippen MR) is 76.9 cm³/mol. The second-order valence-corrected chi connectivity index (χ2v) is 6.14. The number of ether oxygens (including phenoxy) is 2. The van der Waals surface area contributed by atoms with Gasteiger partial charge < -0.3 is 14.6 Å². The molecule has 3 nitrogen and oxygen atoms in total. The van der Waals surface area contributed by atoms with E-state index in [0.717, 1.165) is 21.1 Å². The second kappa shape index (κ2) is 6.37. The number of hydrogen-bond acceptors (Lipinski definition) is 3. The minimum atomic E-state index is -0.407. The van der Waals surface area contributed by atoms with E-state index in [4.69, 9.17) is 9.47 Å². The zero-order valence-corrected chi connectivity index (χ0v) is 13.3. The van der Waals surface area contributed by atoms with Gasteiger partial charge in [0, 0.05) is 17.5 Å². The molecule has 0 spiro atoms. The van der Waals surface area contributed by atoms with Crippen molar-refractivity contribution in [2.45, 2.75) is 38.1 Å². The zero-order chi connectivity index (χ0) is 13.1. The summed E-state index contributed by atoms with van der Waals surface area (Å²) < 4.78 is 13.3. The molecule has 1 aromatic carbocycles. The molecule has 0 bridgehead atoms. The van der Waals surface area contributed by atoms with Gasteiger partial charge in [0.2, 0.25) is 0 Å². The molecule has 100 valence electrons. The zero-order valence-electron chi connectivity index (χ0n) is 10.1. The molecule has 1 aromatic rings. The Morgan fingerprint density at radius 3 is 2.78 bits per heavy atom. The molecule has 1 fully saturated rings. The number of benzene rings is 1. The highest BCUT2D eigenvalue weighted by Gasteiger charge is 2.43. The predicted octanol–water partition coefficient (Wildman–Crippen LogP) is 3.52. The highest BCUT2D eigenvalue weighted by molar-refractivity contribution is 9.11. The molecule has 0 aromatic heterocycles. The summed E-state index contributed by atoms with van der Waals surface area (Å²) in [6.07, 6.45) is 0.884. The van der Waals surface area contributed by atoms with Crippen molar-refractivity contribution in [3.05, 3.63) is 27.1 Å². The molecule has 0 saturated heterocycles. The quantitative estimate of drug-likeness (QED) is 0.850. The molecule has 0 amide bonds. The molecule has 0 aliphatic heterocycles. The number of halogens is 2. The molecule has 1 saturated carbocycles. The lowest BCUT2D eigenvalue weighted by Crippen LogP contribution is -2.55. The van der Waals surface area contributed by atoms with Crippen molar-refractivity contribution < 1.29 is 14.6 Å². The molecule has 3 unspecified atom stereocenters. The van der Waals surface area contributed by atoms with E-state index in [2.05, 4.69) is 31.9 Å². The van der Waals surface area contributed by atoms with Crippen LogP contribution in [0.5, 0.6) is 5.75 Å². The van der Waals surface area contributed by atoms with Crippen LogP contribution in [0.1, 0.15) is 19.8 Å². The lowest BCUT2D eigenvalue weighted by atomic mass is 9.88. The Balaban J connectivity index is 1.96. The minimum Gasteiger partial charge on any atom is -0.486 e. The Hall–Kier alpha value is -0.100. The second-order valence-electron chi connectivity index (χ2n) is 4.37. The van der Waals surface area contributed by atoms with Crippen LogP contribution in [-0.4, -0.2) is 30.0 Å². The lowest BCUT2D eigenvalue weighted by molar-refractivity contribution is -0.162. The summed E-state index contributed by atoms with van der Waals surface area (Å²) in [5, 5.41) is 9.67. The van der Waals surface area contributed by atoms with Gasteiger partial charge in [0.1, 0.15) is 18.0 Å². The van der Waals surface area contributed by atoms with Crippen molar-refractivity contribution in [3.8, 4) is 5.75 Å². The molecule has 18 heavy (non-hydrogen) atoms. The molecular weight excluding hydrogens is 364 g/mol. The van der Waals surface area contributed by atoms with Crippen molar-refractivity contribution in [1.82, 2.24) is 0 Å². The Morgan fingerprint density at radius 2 is 2.17 bits per heavy atom. The average molecular weight is 380 g/mol. The molecule has 2 rings (SSSR count). The summed E-state index contributed by atoms with van der Waals surface area (Å²) in [4.78, 5) is 0. The van der Waals surface area contributed by atoms with Gasteiger partial charge in [-0.25, -0.2) is 0 Å². The molecule has 0 radical (unpaired) electrons. The van der Waals surface area contributed by atoms with Gasteiger partial charge in [-0.1, -0.05) is 22.9 Å². The first-order valence-corrected chi connectivity index (χ1v) is 7.61. The van der Waals surface area contributed by atoms with E-state index in [0.29, 0.717) is 13.0 Å². The highest BCUT2D eigenvalue weighted by atomic mass is 79.9. The topological polar surface area (TPSA) is 38.7 Å². The van der Waals surface area contributed by atoms with Gasteiger partial charge >= 0.3 is 0 Å². The molecule has 0 heterocycles. The van der Waals surface area contributed by atoms with Crippen LogP contribution in [0.2, 0.25) is 0 Å². The molecule has 1 aliphatic rings. The Labute approximate surface area is 124 Å². The van der Waals surface area contributed by atoms with Crippen molar-refractivity contribution in [1.29, 1.82) is 0 Å². The summed E-state index contributed by atoms with van der Waals surface area (Å²) in [5.74, 6) is 0.778. The van der Waals surface area contributed by atoms with E-state index in [9.17, 15) is 5.11 Å². The first-order valence-electron chi connectivity index (χ1n) is 6.03. The van der Waals surface area contributed by atoms with E-state index >= 15 is 0 Å². The Morgan fingerprint density at radius 1 is 1.39 bits per heavy atom. The summed E-state index contributed by atoms with van der Waals surface area (Å²) in [6.45, 7) is 2.70. The van der Waals surface area contributed by atoms with E-state index in [1.165, 1.54) is 0 Å². The van der Waals surface area contributed by atoms with E-state index in [1.807, 2.05) is 25.1 Å². The summed E-state index contributed by atoms with van der Waals surface area (Å²) in [5.41, 5.74) is 0. The van der Waals surface area contributed by atoms with Crippen LogP contribution < -0.4 is 4.74 Å². The number of rotatable bonds is 5. The van der Waals surface area contributed by atoms with Gasteiger partial charge in [0.25, 0.3) is 0 Å². The van der Waals surface area contributed by atoms with E-state index in [1.54, 1.807) is 0 Å². The SMILES string of the molecule is CCCOC1C(O)CC1Oc1ccc(Br)cc1Br. The van der Waals surface area contributed by atoms with Crippen molar-refractivity contribution >= 4 is 31.9 Å². The number of aliphatic hydroxyl groups excluding tert-OH is 1. The Bertz CT molecular complexity index is 411. The van der Waals surface area contributed by atoms with Crippen molar-refractivity contribution in [2.75, 3.05) is 6.61 Å². The first kappa shape index (κ1) is 14.3. The monoisotopic (exact) mass is 378 g/mol.